The van der Waals surface area contributed by atoms with Gasteiger partial charge in [-0.25, -0.2) is 0 Å². The summed E-state index contributed by atoms with van der Waals surface area (Å²) in [4.78, 5) is 0. The molecule has 0 N–H and O–H groups in total. The minimum absolute atomic E-state index is 0.0747. The largest absolute Gasteiger partial charge is 0.416 e. The Morgan fingerprint density at radius 3 is 2.24 bits per heavy atom. The molecule has 0 radical (unpaired) electrons. The second-order valence-corrected chi connectivity index (χ2v) is 10.6. The van der Waals surface area contributed by atoms with Crippen LogP contribution in [0.3, 0.4) is 0 Å². The fourth-order valence-corrected chi connectivity index (χ4v) is 5.52. The van der Waals surface area contributed by atoms with Gasteiger partial charge in [-0.15, -0.1) is 10.2 Å². The Balaban J connectivity index is 1.41. The van der Waals surface area contributed by atoms with Crippen LogP contribution in [0.4, 0.5) is 0 Å². The second kappa shape index (κ2) is 6.28. The van der Waals surface area contributed by atoms with E-state index in [0.29, 0.717) is 11.8 Å². The maximum Gasteiger partial charge on any atom is 0.248 e. The molecular weight excluding hydrogens is 406 g/mol. The summed E-state index contributed by atoms with van der Waals surface area (Å²) in [6.45, 7) is 15.6. The second-order valence-electron chi connectivity index (χ2n) is 10.6. The highest BCUT2D eigenvalue weighted by Crippen LogP contribution is 2.67. The molecular formula is C29H28N3O+. The molecule has 0 amide bonds. The number of aromatic nitrogens is 3. The molecule has 4 aromatic rings. The number of hydrogen-bond donors (Lipinski definition) is 0. The number of nitrogens with zero attached hydrogens (tertiary/aromatic N) is 3. The van der Waals surface area contributed by atoms with E-state index >= 15 is 0 Å². The van der Waals surface area contributed by atoms with Gasteiger partial charge >= 0.3 is 0 Å². The van der Waals surface area contributed by atoms with Crippen LogP contribution in [0, 0.1) is 0 Å². The van der Waals surface area contributed by atoms with Crippen LogP contribution in [0.25, 0.3) is 34.2 Å². The van der Waals surface area contributed by atoms with E-state index in [0.717, 1.165) is 11.1 Å². The third kappa shape index (κ3) is 2.55. The number of pyridine rings is 1. The molecule has 6 rings (SSSR count). The SMILES string of the molecule is C=C1C2(C)c3ccc(-c4nnc(-c5ccc(C(C)(C)C)cc5)o4)cc3-c3cccc[n+]3C12C. The molecule has 2 atom stereocenters. The van der Waals surface area contributed by atoms with Crippen LogP contribution in [-0.4, -0.2) is 10.2 Å². The van der Waals surface area contributed by atoms with Gasteiger partial charge in [0.2, 0.25) is 23.0 Å². The zero-order chi connectivity index (χ0) is 23.2. The van der Waals surface area contributed by atoms with E-state index < -0.39 is 0 Å². The molecule has 2 unspecified atom stereocenters. The molecule has 1 saturated carbocycles. The first kappa shape index (κ1) is 20.1. The average Bonchev–Trinajstić information content (AvgIpc) is 3.14. The van der Waals surface area contributed by atoms with Crippen LogP contribution in [0.5, 0.6) is 0 Å². The first-order valence-electron chi connectivity index (χ1n) is 11.5. The molecule has 1 aliphatic carbocycles. The van der Waals surface area contributed by atoms with Crippen LogP contribution in [-0.2, 0) is 16.4 Å². The molecule has 4 heteroatoms. The lowest BCUT2D eigenvalue weighted by Crippen LogP contribution is -2.52. The zero-order valence-electron chi connectivity index (χ0n) is 19.8. The van der Waals surface area contributed by atoms with Gasteiger partial charge in [0.25, 0.3) is 0 Å². The van der Waals surface area contributed by atoms with Crippen LogP contribution < -0.4 is 4.57 Å². The van der Waals surface area contributed by atoms with Gasteiger partial charge in [-0.3, -0.25) is 0 Å². The molecule has 2 aromatic heterocycles. The molecule has 1 fully saturated rings. The Labute approximate surface area is 194 Å². The molecule has 33 heavy (non-hydrogen) atoms. The number of allylic oxidation sites excluding steroid dienone is 1. The monoisotopic (exact) mass is 434 g/mol. The molecule has 164 valence electrons. The molecule has 4 nitrogen and oxygen atoms in total. The number of hydrogen-bond acceptors (Lipinski definition) is 3. The minimum Gasteiger partial charge on any atom is -0.416 e. The van der Waals surface area contributed by atoms with Crippen molar-refractivity contribution in [3.8, 4) is 34.2 Å². The van der Waals surface area contributed by atoms with Crippen molar-refractivity contribution in [2.24, 2.45) is 0 Å². The fourth-order valence-electron chi connectivity index (χ4n) is 5.52. The smallest absolute Gasteiger partial charge is 0.248 e. The first-order valence-corrected chi connectivity index (χ1v) is 11.5. The number of rotatable bonds is 2. The van der Waals surface area contributed by atoms with Crippen molar-refractivity contribution in [1.29, 1.82) is 0 Å². The molecule has 3 heterocycles. The van der Waals surface area contributed by atoms with E-state index in [1.165, 1.54) is 28.0 Å². The van der Waals surface area contributed by atoms with Crippen molar-refractivity contribution in [3.63, 3.8) is 0 Å². The van der Waals surface area contributed by atoms with E-state index in [9.17, 15) is 0 Å². The van der Waals surface area contributed by atoms with Crippen LogP contribution in [0.2, 0.25) is 0 Å². The maximum absolute atomic E-state index is 6.12. The molecule has 0 spiro atoms. The molecule has 0 bridgehead atoms. The minimum atomic E-state index is -0.0883. The van der Waals surface area contributed by atoms with E-state index in [4.69, 9.17) is 4.42 Å². The molecule has 1 aliphatic heterocycles. The summed E-state index contributed by atoms with van der Waals surface area (Å²) in [7, 11) is 0. The van der Waals surface area contributed by atoms with Gasteiger partial charge in [-0.2, -0.15) is 4.57 Å². The lowest BCUT2D eigenvalue weighted by molar-refractivity contribution is -0.727. The Bertz CT molecular complexity index is 1440. The van der Waals surface area contributed by atoms with Crippen LogP contribution in [0.15, 0.2) is 83.4 Å². The van der Waals surface area contributed by atoms with Crippen molar-refractivity contribution in [3.05, 3.63) is 90.1 Å². The Hall–Kier alpha value is -3.53. The highest BCUT2D eigenvalue weighted by molar-refractivity contribution is 5.77. The molecule has 2 aliphatic rings. The lowest BCUT2D eigenvalue weighted by Gasteiger charge is -2.24. The van der Waals surface area contributed by atoms with Gasteiger partial charge in [-0.1, -0.05) is 45.5 Å². The van der Waals surface area contributed by atoms with Gasteiger partial charge < -0.3 is 4.42 Å². The van der Waals surface area contributed by atoms with Crippen molar-refractivity contribution in [1.82, 2.24) is 10.2 Å². The quantitative estimate of drug-likeness (QED) is 0.278. The summed E-state index contributed by atoms with van der Waals surface area (Å²) < 4.78 is 8.48. The van der Waals surface area contributed by atoms with Crippen LogP contribution in [0.1, 0.15) is 45.7 Å². The van der Waals surface area contributed by atoms with Crippen molar-refractivity contribution < 1.29 is 8.98 Å². The van der Waals surface area contributed by atoms with E-state index in [1.54, 1.807) is 0 Å². The van der Waals surface area contributed by atoms with Gasteiger partial charge in [0.15, 0.2) is 6.20 Å². The Kier molecular flexibility index (Phi) is 3.83. The summed E-state index contributed by atoms with van der Waals surface area (Å²) in [6.07, 6.45) is 2.16. The Morgan fingerprint density at radius 1 is 0.879 bits per heavy atom. The van der Waals surface area contributed by atoms with Crippen molar-refractivity contribution in [2.45, 2.75) is 51.0 Å². The van der Waals surface area contributed by atoms with Gasteiger partial charge in [0.1, 0.15) is 0 Å². The highest BCUT2D eigenvalue weighted by atomic mass is 16.4. The van der Waals surface area contributed by atoms with Gasteiger partial charge in [0.05, 0.1) is 11.0 Å². The lowest BCUT2D eigenvalue weighted by atomic mass is 9.83. The summed E-state index contributed by atoms with van der Waals surface area (Å²) in [5.74, 6) is 1.07. The summed E-state index contributed by atoms with van der Waals surface area (Å²) in [5.41, 5.74) is 8.01. The topological polar surface area (TPSA) is 42.8 Å². The van der Waals surface area contributed by atoms with E-state index in [1.807, 2.05) is 0 Å². The zero-order valence-corrected chi connectivity index (χ0v) is 19.8. The average molecular weight is 435 g/mol. The third-order valence-electron chi connectivity index (χ3n) is 7.95. The standard InChI is InChI=1S/C29H28N3O/c1-18-28(5)23-15-12-20(17-22(23)24-9-7-8-16-32(24)29(18,28)6)26-31-30-25(33-26)19-10-13-21(14-11-19)27(2,3)4/h7-17H,1H2,2-6H3/q+1. The van der Waals surface area contributed by atoms with Crippen molar-refractivity contribution >= 4 is 0 Å². The number of fused-ring (bicyclic) bond motifs is 6. The highest BCUT2D eigenvalue weighted by Gasteiger charge is 2.77. The van der Waals surface area contributed by atoms with Crippen molar-refractivity contribution in [2.75, 3.05) is 0 Å². The Morgan fingerprint density at radius 2 is 1.55 bits per heavy atom. The van der Waals surface area contributed by atoms with E-state index in [-0.39, 0.29) is 16.4 Å². The summed E-state index contributed by atoms with van der Waals surface area (Å²) in [5, 5.41) is 8.71. The van der Waals surface area contributed by atoms with Gasteiger partial charge in [0, 0.05) is 35.8 Å². The maximum atomic E-state index is 6.12. The third-order valence-corrected chi connectivity index (χ3v) is 7.95. The normalized spacial score (nSPS) is 23.0. The summed E-state index contributed by atoms with van der Waals surface area (Å²) >= 11 is 0. The van der Waals surface area contributed by atoms with Crippen LogP contribution >= 0.6 is 0 Å². The first-order chi connectivity index (χ1) is 15.7. The fraction of sp³-hybridized carbons (Fsp3) is 0.276. The number of benzene rings is 2. The predicted molar refractivity (Wildman–Crippen MR) is 130 cm³/mol. The predicted octanol–water partition coefficient (Wildman–Crippen LogP) is 6.21. The molecule has 2 aromatic carbocycles. The van der Waals surface area contributed by atoms with E-state index in [2.05, 4.69) is 123 Å². The molecule has 0 saturated heterocycles. The van der Waals surface area contributed by atoms with Gasteiger partial charge in [-0.05, 0) is 53.8 Å². The summed E-state index contributed by atoms with van der Waals surface area (Å²) in [6, 6.07) is 21.2.